The van der Waals surface area contributed by atoms with Crippen LogP contribution in [0.2, 0.25) is 0 Å². The van der Waals surface area contributed by atoms with E-state index in [2.05, 4.69) is 50.0 Å². The van der Waals surface area contributed by atoms with Gasteiger partial charge in [-0.25, -0.2) is 0 Å². The van der Waals surface area contributed by atoms with Crippen LogP contribution in [0.1, 0.15) is 70.6 Å². The third-order valence-corrected chi connectivity index (χ3v) is 8.79. The average molecular weight is 459 g/mol. The number of nitrogens with zero attached hydrogens (tertiary/aromatic N) is 2. The lowest BCUT2D eigenvalue weighted by molar-refractivity contribution is -0.117. The number of piperidine rings is 2. The van der Waals surface area contributed by atoms with Gasteiger partial charge in [-0.2, -0.15) is 0 Å². The van der Waals surface area contributed by atoms with Crippen LogP contribution in [-0.2, 0) is 4.79 Å². The van der Waals surface area contributed by atoms with Crippen LogP contribution in [0, 0.1) is 11.8 Å². The maximum absolute atomic E-state index is 12.9. The molecule has 0 N–H and O–H groups in total. The predicted octanol–water partition coefficient (Wildman–Crippen LogP) is 5.77. The number of para-hydroxylation sites is 1. The number of carbonyl (C=O) groups excluding carboxylic acids is 1. The van der Waals surface area contributed by atoms with E-state index < -0.39 is 0 Å². The molecule has 0 unspecified atom stereocenters. The van der Waals surface area contributed by atoms with Crippen molar-refractivity contribution < 1.29 is 4.79 Å². The topological polar surface area (TPSA) is 23.6 Å². The summed E-state index contributed by atoms with van der Waals surface area (Å²) in [5.74, 6) is 2.18. The highest BCUT2D eigenvalue weighted by Crippen LogP contribution is 2.46. The van der Waals surface area contributed by atoms with E-state index in [-0.39, 0.29) is 5.91 Å². The van der Waals surface area contributed by atoms with Gasteiger partial charge in [-0.1, -0.05) is 59.8 Å². The number of rotatable bonds is 4. The average Bonchev–Trinajstić information content (AvgIpc) is 2.73. The summed E-state index contributed by atoms with van der Waals surface area (Å²) in [6.45, 7) is 0. The van der Waals surface area contributed by atoms with E-state index in [1.807, 2.05) is 6.07 Å². The summed E-state index contributed by atoms with van der Waals surface area (Å²) in [4.78, 5) is 18.0. The van der Waals surface area contributed by atoms with Gasteiger partial charge in [-0.05, 0) is 68.9 Å². The molecule has 2 heterocycles. The quantitative estimate of drug-likeness (QED) is 0.534. The van der Waals surface area contributed by atoms with E-state index in [0.29, 0.717) is 23.5 Å². The maximum Gasteiger partial charge on any atom is 0.237 e. The number of halogens is 1. The minimum atomic E-state index is 0.208. The molecule has 158 valence electrons. The van der Waals surface area contributed by atoms with Crippen molar-refractivity contribution in [3.05, 3.63) is 30.3 Å². The van der Waals surface area contributed by atoms with E-state index in [4.69, 9.17) is 0 Å². The fourth-order valence-corrected chi connectivity index (χ4v) is 7.62. The summed E-state index contributed by atoms with van der Waals surface area (Å²) < 4.78 is 0. The Hall–Kier alpha value is -0.870. The number of fused-ring (bicyclic) bond motifs is 4. The third kappa shape index (κ3) is 4.04. The van der Waals surface area contributed by atoms with Crippen molar-refractivity contribution in [1.82, 2.24) is 4.90 Å². The van der Waals surface area contributed by atoms with Gasteiger partial charge in [-0.15, -0.1) is 0 Å². The van der Waals surface area contributed by atoms with Crippen LogP contribution in [0.15, 0.2) is 30.3 Å². The van der Waals surface area contributed by atoms with Crippen molar-refractivity contribution in [2.45, 2.75) is 94.8 Å². The number of hydrogen-bond acceptors (Lipinski definition) is 2. The minimum Gasteiger partial charge on any atom is -0.309 e. The molecule has 2 aliphatic carbocycles. The monoisotopic (exact) mass is 458 g/mol. The molecule has 4 fully saturated rings. The third-order valence-electron chi connectivity index (χ3n) is 8.31. The number of anilines is 1. The number of hydrogen-bond donors (Lipinski definition) is 0. The highest BCUT2D eigenvalue weighted by atomic mass is 79.9. The summed E-state index contributed by atoms with van der Waals surface area (Å²) in [6, 6.07) is 12.9. The molecule has 2 aliphatic heterocycles. The number of carbonyl (C=O) groups is 1. The van der Waals surface area contributed by atoms with E-state index in [1.54, 1.807) is 0 Å². The van der Waals surface area contributed by atoms with E-state index in [1.165, 1.54) is 57.8 Å². The smallest absolute Gasteiger partial charge is 0.237 e. The zero-order valence-corrected chi connectivity index (χ0v) is 19.1. The zero-order valence-electron chi connectivity index (χ0n) is 17.5. The molecule has 29 heavy (non-hydrogen) atoms. The Morgan fingerprint density at radius 3 is 2.10 bits per heavy atom. The summed E-state index contributed by atoms with van der Waals surface area (Å²) >= 11 is 3.44. The molecule has 2 saturated heterocycles. The molecule has 1 aromatic rings. The highest BCUT2D eigenvalue weighted by Gasteiger charge is 2.46. The first-order valence-electron chi connectivity index (χ1n) is 11.9. The van der Waals surface area contributed by atoms with Gasteiger partial charge in [0, 0.05) is 29.9 Å². The zero-order chi connectivity index (χ0) is 19.8. The number of amides is 1. The second-order valence-electron chi connectivity index (χ2n) is 10.1. The Kier molecular flexibility index (Phi) is 6.02. The molecule has 3 nitrogen and oxygen atoms in total. The maximum atomic E-state index is 12.9. The van der Waals surface area contributed by atoms with Gasteiger partial charge in [0.15, 0.2) is 0 Å². The first-order valence-corrected chi connectivity index (χ1v) is 13.1. The van der Waals surface area contributed by atoms with Crippen molar-refractivity contribution in [3.63, 3.8) is 0 Å². The molecule has 6 atom stereocenters. The second kappa shape index (κ2) is 8.70. The van der Waals surface area contributed by atoms with Crippen LogP contribution in [0.3, 0.4) is 0 Å². The molecule has 4 heteroatoms. The molecule has 0 spiro atoms. The van der Waals surface area contributed by atoms with Gasteiger partial charge in [0.25, 0.3) is 0 Å². The summed E-state index contributed by atoms with van der Waals surface area (Å²) in [6.07, 6.45) is 15.1. The SMILES string of the molecule is O=C(CBr)N(c1ccccc1)[C@H]1C[C@H]2CCC[C@@H](C1)N2[C@H]1C[C@@H]2CCC[C@@H](C2)C1. The molecule has 0 aromatic heterocycles. The first-order chi connectivity index (χ1) is 14.2. The molecule has 0 radical (unpaired) electrons. The fraction of sp³-hybridized carbons (Fsp3) is 0.720. The van der Waals surface area contributed by atoms with E-state index in [9.17, 15) is 4.79 Å². The number of benzene rings is 1. The van der Waals surface area contributed by atoms with Crippen LogP contribution < -0.4 is 4.90 Å². The fourth-order valence-electron chi connectivity index (χ4n) is 7.35. The Bertz CT molecular complexity index is 684. The molecular weight excluding hydrogens is 424 g/mol. The minimum absolute atomic E-state index is 0.208. The molecule has 4 aliphatic rings. The van der Waals surface area contributed by atoms with Gasteiger partial charge in [0.05, 0.1) is 5.33 Å². The van der Waals surface area contributed by atoms with Crippen LogP contribution >= 0.6 is 15.9 Å². The number of alkyl halides is 1. The molecule has 4 bridgehead atoms. The Morgan fingerprint density at radius 1 is 0.862 bits per heavy atom. The Labute approximate surface area is 184 Å². The Morgan fingerprint density at radius 2 is 1.48 bits per heavy atom. The van der Waals surface area contributed by atoms with Gasteiger partial charge in [0.2, 0.25) is 5.91 Å². The van der Waals surface area contributed by atoms with Gasteiger partial charge in [0.1, 0.15) is 0 Å². The molecule has 1 amide bonds. The van der Waals surface area contributed by atoms with Gasteiger partial charge >= 0.3 is 0 Å². The summed E-state index contributed by atoms with van der Waals surface area (Å²) in [5, 5.41) is 0.406. The molecule has 5 rings (SSSR count). The second-order valence-corrected chi connectivity index (χ2v) is 10.6. The van der Waals surface area contributed by atoms with Crippen LogP contribution in [0.25, 0.3) is 0 Å². The first kappa shape index (κ1) is 20.1. The van der Waals surface area contributed by atoms with Gasteiger partial charge < -0.3 is 4.90 Å². The van der Waals surface area contributed by atoms with Crippen molar-refractivity contribution >= 4 is 27.5 Å². The van der Waals surface area contributed by atoms with Crippen molar-refractivity contribution in [1.29, 1.82) is 0 Å². The van der Waals surface area contributed by atoms with Crippen LogP contribution in [0.5, 0.6) is 0 Å². The lowest BCUT2D eigenvalue weighted by atomic mass is 9.68. The van der Waals surface area contributed by atoms with Crippen molar-refractivity contribution in [3.8, 4) is 0 Å². The standard InChI is InChI=1S/C25H35BrN2O/c26-17-25(29)28(20-8-2-1-3-9-20)24-15-21-10-5-11-22(16-24)27(21)23-13-18-6-4-7-19(12-18)14-23/h1-3,8-9,18-19,21-24H,4-7,10-17H2/t18-,19+,21-,22+,23+,24+. The lowest BCUT2D eigenvalue weighted by Crippen LogP contribution is -2.62. The molecular formula is C25H35BrN2O. The largest absolute Gasteiger partial charge is 0.309 e. The van der Waals surface area contributed by atoms with Crippen LogP contribution in [-0.4, -0.2) is 40.3 Å². The van der Waals surface area contributed by atoms with E-state index in [0.717, 1.165) is 36.4 Å². The molecule has 2 saturated carbocycles. The van der Waals surface area contributed by atoms with Crippen LogP contribution in [0.4, 0.5) is 5.69 Å². The van der Waals surface area contributed by atoms with Crippen molar-refractivity contribution in [2.24, 2.45) is 11.8 Å². The lowest BCUT2D eigenvalue weighted by Gasteiger charge is -2.56. The van der Waals surface area contributed by atoms with E-state index >= 15 is 0 Å². The summed E-state index contributed by atoms with van der Waals surface area (Å²) in [7, 11) is 0. The van der Waals surface area contributed by atoms with Crippen molar-refractivity contribution in [2.75, 3.05) is 10.2 Å². The normalized spacial score (nSPS) is 37.1. The predicted molar refractivity (Wildman–Crippen MR) is 122 cm³/mol. The summed E-state index contributed by atoms with van der Waals surface area (Å²) in [5.41, 5.74) is 1.07. The van der Waals surface area contributed by atoms with Gasteiger partial charge in [-0.3, -0.25) is 9.69 Å². The Balaban J connectivity index is 1.36. The highest BCUT2D eigenvalue weighted by molar-refractivity contribution is 9.09. The molecule has 1 aromatic carbocycles.